The lowest BCUT2D eigenvalue weighted by molar-refractivity contribution is -1.02. The Morgan fingerprint density at radius 3 is 2.55 bits per heavy atom. The Balaban J connectivity index is 1.24. The molecule has 1 aliphatic heterocycles. The van der Waals surface area contributed by atoms with Crippen LogP contribution in [0.1, 0.15) is 16.3 Å². The highest BCUT2D eigenvalue weighted by atomic mass is 32.1. The summed E-state index contributed by atoms with van der Waals surface area (Å²) in [4.78, 5) is 20.4. The molecule has 4 aromatic rings. The van der Waals surface area contributed by atoms with Crippen molar-refractivity contribution in [2.45, 2.75) is 20.0 Å². The van der Waals surface area contributed by atoms with Gasteiger partial charge in [-0.25, -0.2) is 4.98 Å². The van der Waals surface area contributed by atoms with Gasteiger partial charge in [0, 0.05) is 17.3 Å². The van der Waals surface area contributed by atoms with E-state index in [0.717, 1.165) is 50.0 Å². The van der Waals surface area contributed by atoms with Crippen molar-refractivity contribution in [1.29, 1.82) is 0 Å². The lowest BCUT2D eigenvalue weighted by Gasteiger charge is -2.29. The highest BCUT2D eigenvalue weighted by Gasteiger charge is 2.25. The number of aromatic nitrogens is 3. The Morgan fingerprint density at radius 1 is 1.00 bits per heavy atom. The fourth-order valence-corrected chi connectivity index (χ4v) is 5.29. The van der Waals surface area contributed by atoms with Crippen LogP contribution in [0.4, 0.5) is 0 Å². The van der Waals surface area contributed by atoms with Gasteiger partial charge in [-0.2, -0.15) is 9.61 Å². The lowest BCUT2D eigenvalue weighted by Crippen LogP contribution is -3.27. The zero-order chi connectivity index (χ0) is 19.8. The molecular weight excluding hydrogens is 382 g/mol. The summed E-state index contributed by atoms with van der Waals surface area (Å²) in [5, 5.41) is 8.19. The molecule has 0 radical (unpaired) electrons. The second kappa shape index (κ2) is 7.67. The number of aryl methyl sites for hydroxylation is 1. The van der Waals surface area contributed by atoms with Crippen LogP contribution in [0.3, 0.4) is 0 Å². The molecule has 0 spiro atoms. The van der Waals surface area contributed by atoms with Gasteiger partial charge < -0.3 is 9.80 Å². The van der Waals surface area contributed by atoms with Gasteiger partial charge in [0.15, 0.2) is 5.01 Å². The first kappa shape index (κ1) is 18.4. The van der Waals surface area contributed by atoms with Gasteiger partial charge in [-0.15, -0.1) is 0 Å². The molecule has 6 nitrogen and oxygen atoms in total. The van der Waals surface area contributed by atoms with Crippen LogP contribution in [-0.2, 0) is 13.1 Å². The molecule has 1 saturated heterocycles. The lowest BCUT2D eigenvalue weighted by atomic mass is 10.0. The second-order valence-electron chi connectivity index (χ2n) is 7.92. The molecule has 0 aliphatic carbocycles. The number of hydrogen-bond donors (Lipinski definition) is 2. The topological polar surface area (TPSA) is 56.1 Å². The van der Waals surface area contributed by atoms with E-state index in [1.165, 1.54) is 37.1 Å². The van der Waals surface area contributed by atoms with Crippen LogP contribution >= 0.6 is 11.3 Å². The van der Waals surface area contributed by atoms with Crippen LogP contribution in [0.2, 0.25) is 0 Å². The van der Waals surface area contributed by atoms with Crippen LogP contribution in [0.25, 0.3) is 15.7 Å². The Hall–Kier alpha value is -2.61. The van der Waals surface area contributed by atoms with Crippen LogP contribution in [0.15, 0.2) is 53.3 Å². The van der Waals surface area contributed by atoms with Crippen molar-refractivity contribution in [2.24, 2.45) is 0 Å². The SMILES string of the molecule is Cc1cc(=O)n2nc(C[NH+]3CC[NH+](Cc4cccc5ccccc45)CC3)sc2n1. The van der Waals surface area contributed by atoms with E-state index < -0.39 is 0 Å². The smallest absolute Gasteiger partial charge is 0.275 e. The first-order chi connectivity index (χ1) is 14.2. The molecule has 2 aromatic heterocycles. The van der Waals surface area contributed by atoms with Gasteiger partial charge in [0.2, 0.25) is 4.96 Å². The van der Waals surface area contributed by atoms with E-state index >= 15 is 0 Å². The minimum Gasteiger partial charge on any atom is -0.322 e. The maximum Gasteiger partial charge on any atom is 0.275 e. The van der Waals surface area contributed by atoms with Gasteiger partial charge in [-0.1, -0.05) is 53.8 Å². The highest BCUT2D eigenvalue weighted by molar-refractivity contribution is 7.16. The average molecular weight is 408 g/mol. The molecule has 3 heterocycles. The van der Waals surface area contributed by atoms with Crippen molar-refractivity contribution < 1.29 is 9.80 Å². The van der Waals surface area contributed by atoms with Crippen molar-refractivity contribution in [3.05, 3.63) is 75.1 Å². The third-order valence-electron chi connectivity index (χ3n) is 5.80. The molecule has 0 bridgehead atoms. The van der Waals surface area contributed by atoms with Gasteiger partial charge in [-0.05, 0) is 17.7 Å². The first-order valence-corrected chi connectivity index (χ1v) is 11.0. The molecule has 0 unspecified atom stereocenters. The summed E-state index contributed by atoms with van der Waals surface area (Å²) < 4.78 is 1.44. The number of nitrogens with one attached hydrogen (secondary N) is 2. The van der Waals surface area contributed by atoms with E-state index in [0.29, 0.717) is 4.96 Å². The van der Waals surface area contributed by atoms with E-state index in [1.54, 1.807) is 11.0 Å². The fraction of sp³-hybridized carbons (Fsp3) is 0.318. The van der Waals surface area contributed by atoms with Crippen molar-refractivity contribution in [1.82, 2.24) is 14.6 Å². The summed E-state index contributed by atoms with van der Waals surface area (Å²) in [5.74, 6) is 0. The van der Waals surface area contributed by atoms with Gasteiger partial charge in [0.1, 0.15) is 39.3 Å². The van der Waals surface area contributed by atoms with Crippen LogP contribution in [0, 0.1) is 6.92 Å². The molecule has 0 saturated carbocycles. The molecule has 7 heteroatoms. The molecule has 0 atom stereocenters. The summed E-state index contributed by atoms with van der Waals surface area (Å²) in [6, 6.07) is 16.8. The van der Waals surface area contributed by atoms with E-state index in [2.05, 4.69) is 52.5 Å². The number of nitrogens with zero attached hydrogens (tertiary/aromatic N) is 3. The number of hydrogen-bond acceptors (Lipinski definition) is 4. The van der Waals surface area contributed by atoms with Crippen molar-refractivity contribution >= 4 is 27.1 Å². The van der Waals surface area contributed by atoms with Crippen LogP contribution < -0.4 is 15.4 Å². The minimum absolute atomic E-state index is 0.0886. The largest absolute Gasteiger partial charge is 0.322 e. The van der Waals surface area contributed by atoms with Crippen LogP contribution in [-0.4, -0.2) is 40.8 Å². The molecule has 148 valence electrons. The predicted molar refractivity (Wildman–Crippen MR) is 115 cm³/mol. The van der Waals surface area contributed by atoms with Gasteiger partial charge in [0.05, 0.1) is 0 Å². The molecule has 2 N–H and O–H groups in total. The third-order valence-corrected chi connectivity index (χ3v) is 6.71. The molecule has 1 fully saturated rings. The molecule has 29 heavy (non-hydrogen) atoms. The summed E-state index contributed by atoms with van der Waals surface area (Å²) in [7, 11) is 0. The molecule has 5 rings (SSSR count). The molecule has 2 aromatic carbocycles. The van der Waals surface area contributed by atoms with Gasteiger partial charge in [0.25, 0.3) is 5.56 Å². The second-order valence-corrected chi connectivity index (χ2v) is 8.96. The van der Waals surface area contributed by atoms with Crippen molar-refractivity contribution in [2.75, 3.05) is 26.2 Å². The Morgan fingerprint density at radius 2 is 1.72 bits per heavy atom. The number of fused-ring (bicyclic) bond motifs is 2. The predicted octanol–water partition coefficient (Wildman–Crippen LogP) is 0.0962. The van der Waals surface area contributed by atoms with Gasteiger partial charge in [-0.3, -0.25) is 4.79 Å². The summed E-state index contributed by atoms with van der Waals surface area (Å²) in [5.41, 5.74) is 2.10. The van der Waals surface area contributed by atoms with Crippen LogP contribution in [0.5, 0.6) is 0 Å². The zero-order valence-electron chi connectivity index (χ0n) is 16.5. The Kier molecular flexibility index (Phi) is 4.87. The summed E-state index contributed by atoms with van der Waals surface area (Å²) in [6.07, 6.45) is 0. The van der Waals surface area contributed by atoms with E-state index in [1.807, 2.05) is 6.92 Å². The normalized spacial score (nSPS) is 19.8. The number of piperazine rings is 1. The van der Waals surface area contributed by atoms with Crippen molar-refractivity contribution in [3.63, 3.8) is 0 Å². The maximum absolute atomic E-state index is 12.1. The zero-order valence-corrected chi connectivity index (χ0v) is 17.3. The highest BCUT2D eigenvalue weighted by Crippen LogP contribution is 2.17. The molecule has 1 aliphatic rings. The number of quaternary nitrogens is 2. The summed E-state index contributed by atoms with van der Waals surface area (Å²) >= 11 is 1.54. The number of rotatable bonds is 4. The van der Waals surface area contributed by atoms with Gasteiger partial charge >= 0.3 is 0 Å². The first-order valence-electron chi connectivity index (χ1n) is 10.2. The third kappa shape index (κ3) is 3.81. The Labute approximate surface area is 173 Å². The maximum atomic E-state index is 12.1. The molecule has 0 amide bonds. The quantitative estimate of drug-likeness (QED) is 0.505. The summed E-state index contributed by atoms with van der Waals surface area (Å²) in [6.45, 7) is 8.35. The fourth-order valence-electron chi connectivity index (χ4n) is 4.27. The Bertz CT molecular complexity index is 1220. The van der Waals surface area contributed by atoms with E-state index in [-0.39, 0.29) is 5.56 Å². The number of benzene rings is 2. The van der Waals surface area contributed by atoms with E-state index in [9.17, 15) is 4.79 Å². The monoisotopic (exact) mass is 407 g/mol. The standard InChI is InChI=1S/C22H23N5OS/c1-16-13-21(28)27-22(23-16)29-20(24-27)15-26-11-9-25(10-12-26)14-18-7-4-6-17-5-2-3-8-19(17)18/h2-8,13H,9-12,14-15H2,1H3/p+2. The van der Waals surface area contributed by atoms with Crippen molar-refractivity contribution in [3.8, 4) is 0 Å². The molecular formula is C22H25N5OS+2. The average Bonchev–Trinajstić information content (AvgIpc) is 3.12. The van der Waals surface area contributed by atoms with E-state index in [4.69, 9.17) is 0 Å². The minimum atomic E-state index is -0.0886.